The minimum atomic E-state index is -0.446. The number of hydrogen-bond acceptors (Lipinski definition) is 5. The van der Waals surface area contributed by atoms with Crippen LogP contribution >= 0.6 is 0 Å². The molecule has 1 saturated carbocycles. The molecule has 1 unspecified atom stereocenters. The summed E-state index contributed by atoms with van der Waals surface area (Å²) in [5.74, 6) is 1.24. The number of ether oxygens (including phenoxy) is 4. The quantitative estimate of drug-likeness (QED) is 0.756. The summed E-state index contributed by atoms with van der Waals surface area (Å²) in [5.41, 5.74) is -0.446. The fraction of sp³-hybridized carbons (Fsp3) is 0.588. The summed E-state index contributed by atoms with van der Waals surface area (Å²) < 4.78 is 22.0. The van der Waals surface area contributed by atoms with Crippen molar-refractivity contribution in [3.63, 3.8) is 0 Å². The fourth-order valence-electron chi connectivity index (χ4n) is 2.59. The molecule has 1 aliphatic heterocycles. The van der Waals surface area contributed by atoms with Gasteiger partial charge in [0.25, 0.3) is 0 Å². The number of esters is 1. The van der Waals surface area contributed by atoms with E-state index in [-0.39, 0.29) is 12.3 Å². The van der Waals surface area contributed by atoms with E-state index in [1.807, 2.05) is 24.3 Å². The molecule has 0 spiro atoms. The van der Waals surface area contributed by atoms with Crippen molar-refractivity contribution in [2.45, 2.75) is 38.4 Å². The van der Waals surface area contributed by atoms with Crippen LogP contribution in [0, 0.1) is 5.41 Å². The summed E-state index contributed by atoms with van der Waals surface area (Å²) in [4.78, 5) is 11.7. The van der Waals surface area contributed by atoms with Gasteiger partial charge in [0.15, 0.2) is 6.29 Å². The van der Waals surface area contributed by atoms with Crippen LogP contribution in [0.15, 0.2) is 24.3 Å². The smallest absolute Gasteiger partial charge is 0.315 e. The second-order valence-corrected chi connectivity index (χ2v) is 5.95. The predicted molar refractivity (Wildman–Crippen MR) is 79.8 cm³/mol. The van der Waals surface area contributed by atoms with E-state index in [4.69, 9.17) is 18.9 Å². The zero-order valence-electron chi connectivity index (χ0n) is 12.9. The molecule has 1 aliphatic carbocycles. The van der Waals surface area contributed by atoms with Gasteiger partial charge in [-0.05, 0) is 37.8 Å². The largest absolute Gasteiger partial charge is 0.492 e. The first-order valence-electron chi connectivity index (χ1n) is 7.81. The molecule has 22 heavy (non-hydrogen) atoms. The van der Waals surface area contributed by atoms with Gasteiger partial charge in [0, 0.05) is 12.5 Å². The molecule has 120 valence electrons. The topological polar surface area (TPSA) is 54.0 Å². The highest BCUT2D eigenvalue weighted by Gasteiger charge is 2.52. The lowest BCUT2D eigenvalue weighted by molar-refractivity contribution is -0.148. The maximum absolute atomic E-state index is 11.7. The second kappa shape index (κ2) is 6.57. The monoisotopic (exact) mass is 306 g/mol. The highest BCUT2D eigenvalue weighted by molar-refractivity contribution is 5.79. The van der Waals surface area contributed by atoms with Gasteiger partial charge in [-0.2, -0.15) is 0 Å². The maximum Gasteiger partial charge on any atom is 0.315 e. The highest BCUT2D eigenvalue weighted by atomic mass is 16.7. The van der Waals surface area contributed by atoms with Crippen molar-refractivity contribution in [3.8, 4) is 11.5 Å². The molecule has 1 atom stereocenters. The molecule has 2 fully saturated rings. The van der Waals surface area contributed by atoms with Gasteiger partial charge in [-0.15, -0.1) is 0 Å². The number of benzene rings is 1. The van der Waals surface area contributed by atoms with Crippen molar-refractivity contribution in [2.24, 2.45) is 5.41 Å². The van der Waals surface area contributed by atoms with E-state index in [2.05, 4.69) is 0 Å². The summed E-state index contributed by atoms with van der Waals surface area (Å²) in [6.07, 6.45) is 4.61. The van der Waals surface area contributed by atoms with Crippen LogP contribution in [0.1, 0.15) is 32.1 Å². The van der Waals surface area contributed by atoms with E-state index in [0.717, 1.165) is 44.5 Å². The first kappa shape index (κ1) is 15.2. The molecule has 1 heterocycles. The molecular formula is C17H22O5. The molecule has 3 rings (SSSR count). The van der Waals surface area contributed by atoms with E-state index in [0.29, 0.717) is 12.4 Å². The van der Waals surface area contributed by atoms with Gasteiger partial charge in [-0.1, -0.05) is 6.07 Å². The lowest BCUT2D eigenvalue weighted by atomic mass is 10.1. The van der Waals surface area contributed by atoms with Crippen molar-refractivity contribution < 1.29 is 23.7 Å². The Bertz CT molecular complexity index is 518. The third-order valence-electron chi connectivity index (χ3n) is 4.20. The Balaban J connectivity index is 1.56. The van der Waals surface area contributed by atoms with E-state index >= 15 is 0 Å². The number of methoxy groups -OCH3 is 1. The summed E-state index contributed by atoms with van der Waals surface area (Å²) in [6, 6.07) is 7.47. The average Bonchev–Trinajstić information content (AvgIpc) is 3.35. The van der Waals surface area contributed by atoms with Crippen LogP contribution in [0.25, 0.3) is 0 Å². The zero-order chi connectivity index (χ0) is 15.4. The second-order valence-electron chi connectivity index (χ2n) is 5.95. The van der Waals surface area contributed by atoms with E-state index in [1.54, 1.807) is 0 Å². The molecule has 0 N–H and O–H groups in total. The molecule has 0 aromatic heterocycles. The van der Waals surface area contributed by atoms with Crippen LogP contribution in [0.5, 0.6) is 11.5 Å². The minimum absolute atomic E-state index is 0.172. The number of hydrogen-bond donors (Lipinski definition) is 0. The van der Waals surface area contributed by atoms with Gasteiger partial charge in [-0.25, -0.2) is 0 Å². The van der Waals surface area contributed by atoms with Gasteiger partial charge < -0.3 is 18.9 Å². The Morgan fingerprint density at radius 3 is 2.82 bits per heavy atom. The van der Waals surface area contributed by atoms with Crippen molar-refractivity contribution in [1.82, 2.24) is 0 Å². The maximum atomic E-state index is 11.7. The third-order valence-corrected chi connectivity index (χ3v) is 4.20. The van der Waals surface area contributed by atoms with Crippen molar-refractivity contribution >= 4 is 5.97 Å². The molecular weight excluding hydrogens is 284 g/mol. The van der Waals surface area contributed by atoms with Crippen LogP contribution in [-0.4, -0.2) is 32.6 Å². The Morgan fingerprint density at radius 2 is 2.14 bits per heavy atom. The number of rotatable bonds is 6. The Hall–Kier alpha value is -1.75. The van der Waals surface area contributed by atoms with Crippen LogP contribution < -0.4 is 9.47 Å². The molecule has 5 nitrogen and oxygen atoms in total. The molecule has 1 aromatic carbocycles. The molecule has 0 radical (unpaired) electrons. The average molecular weight is 306 g/mol. The summed E-state index contributed by atoms with van der Waals surface area (Å²) in [7, 11) is 1.42. The first-order valence-corrected chi connectivity index (χ1v) is 7.81. The fourth-order valence-corrected chi connectivity index (χ4v) is 2.59. The Kier molecular flexibility index (Phi) is 4.52. The molecule has 1 aromatic rings. The lowest BCUT2D eigenvalue weighted by Crippen LogP contribution is -2.25. The van der Waals surface area contributed by atoms with Crippen LogP contribution in [0.2, 0.25) is 0 Å². The van der Waals surface area contributed by atoms with Crippen molar-refractivity contribution in [2.75, 3.05) is 20.3 Å². The molecule has 1 saturated heterocycles. The van der Waals surface area contributed by atoms with E-state index in [1.165, 1.54) is 7.11 Å². The SMILES string of the molecule is COC(=O)C1(COc2cccc(OC3CCCCO3)c2)CC1. The summed E-state index contributed by atoms with van der Waals surface area (Å²) >= 11 is 0. The Morgan fingerprint density at radius 1 is 1.32 bits per heavy atom. The Labute approximate surface area is 130 Å². The van der Waals surface area contributed by atoms with Gasteiger partial charge in [-0.3, -0.25) is 4.79 Å². The standard InChI is InChI=1S/C17H22O5/c1-19-16(18)17(8-9-17)12-21-13-5-4-6-14(11-13)22-15-7-2-3-10-20-15/h4-6,11,15H,2-3,7-10,12H2,1H3. The number of carbonyl (C=O) groups is 1. The van der Waals surface area contributed by atoms with Crippen molar-refractivity contribution in [1.29, 1.82) is 0 Å². The molecule has 0 bridgehead atoms. The normalized spacial score (nSPS) is 22.7. The van der Waals surface area contributed by atoms with Crippen LogP contribution in [0.4, 0.5) is 0 Å². The van der Waals surface area contributed by atoms with Gasteiger partial charge in [0.1, 0.15) is 23.5 Å². The summed E-state index contributed by atoms with van der Waals surface area (Å²) in [5, 5.41) is 0. The summed E-state index contributed by atoms with van der Waals surface area (Å²) in [6.45, 7) is 1.10. The molecule has 0 amide bonds. The predicted octanol–water partition coefficient (Wildman–Crippen LogP) is 2.92. The van der Waals surface area contributed by atoms with Crippen molar-refractivity contribution in [3.05, 3.63) is 24.3 Å². The van der Waals surface area contributed by atoms with E-state index < -0.39 is 5.41 Å². The molecule has 2 aliphatic rings. The van der Waals surface area contributed by atoms with E-state index in [9.17, 15) is 4.79 Å². The lowest BCUT2D eigenvalue weighted by Gasteiger charge is -2.23. The zero-order valence-corrected chi connectivity index (χ0v) is 12.9. The first-order chi connectivity index (χ1) is 10.7. The van der Waals surface area contributed by atoms with Crippen LogP contribution in [-0.2, 0) is 14.3 Å². The number of carbonyl (C=O) groups excluding carboxylic acids is 1. The highest BCUT2D eigenvalue weighted by Crippen LogP contribution is 2.47. The molecule has 5 heteroatoms. The van der Waals surface area contributed by atoms with Crippen LogP contribution in [0.3, 0.4) is 0 Å². The van der Waals surface area contributed by atoms with Gasteiger partial charge in [0.2, 0.25) is 0 Å². The van der Waals surface area contributed by atoms with Gasteiger partial charge >= 0.3 is 5.97 Å². The van der Waals surface area contributed by atoms with Gasteiger partial charge in [0.05, 0.1) is 13.7 Å². The minimum Gasteiger partial charge on any atom is -0.492 e. The third kappa shape index (κ3) is 3.53.